The molecule has 5 heteroatoms. The Kier molecular flexibility index (Phi) is 4.73. The maximum atomic E-state index is 12.1. The quantitative estimate of drug-likeness (QED) is 0.922. The van der Waals surface area contributed by atoms with Crippen molar-refractivity contribution in [3.05, 3.63) is 70.8 Å². The fraction of sp³-hybridized carbons (Fsp3) is 0.188. The minimum absolute atomic E-state index is 0.0927. The largest absolute Gasteiger partial charge is 0.216 e. The van der Waals surface area contributed by atoms with Gasteiger partial charge < -0.3 is 0 Å². The van der Waals surface area contributed by atoms with Crippen LogP contribution in [-0.2, 0) is 22.3 Å². The van der Waals surface area contributed by atoms with Gasteiger partial charge >= 0.3 is 0 Å². The second-order valence-electron chi connectivity index (χ2n) is 4.82. The Morgan fingerprint density at radius 3 is 2.38 bits per heavy atom. The second-order valence-corrected chi connectivity index (χ2v) is 6.62. The van der Waals surface area contributed by atoms with E-state index in [0.717, 1.165) is 11.1 Å². The van der Waals surface area contributed by atoms with Crippen molar-refractivity contribution in [1.82, 2.24) is 4.72 Å². The zero-order chi connectivity index (χ0) is 15.3. The summed E-state index contributed by atoms with van der Waals surface area (Å²) in [5.74, 6) is -0.0927. The molecule has 0 bridgehead atoms. The number of nitriles is 1. The highest BCUT2D eigenvalue weighted by Gasteiger charge is 2.11. The van der Waals surface area contributed by atoms with Crippen LogP contribution in [0.15, 0.2) is 48.5 Å². The zero-order valence-corrected chi connectivity index (χ0v) is 12.5. The molecular weight excluding hydrogens is 284 g/mol. The second kappa shape index (κ2) is 6.53. The van der Waals surface area contributed by atoms with Crippen LogP contribution in [0.25, 0.3) is 0 Å². The molecule has 0 fully saturated rings. The first-order valence-corrected chi connectivity index (χ1v) is 8.16. The average Bonchev–Trinajstić information content (AvgIpc) is 2.47. The standard InChI is InChI=1S/C16H16N2O2S/c1-13-4-2-3-5-16(13)11-18-21(19,20)12-15-8-6-14(10-17)7-9-15/h2-9,18H,11-12H2,1H3. The van der Waals surface area contributed by atoms with E-state index in [2.05, 4.69) is 4.72 Å². The fourth-order valence-electron chi connectivity index (χ4n) is 1.94. The minimum Gasteiger partial charge on any atom is -0.212 e. The van der Waals surface area contributed by atoms with Crippen LogP contribution in [0.4, 0.5) is 0 Å². The lowest BCUT2D eigenvalue weighted by Gasteiger charge is -2.09. The molecule has 0 heterocycles. The van der Waals surface area contributed by atoms with E-state index in [1.54, 1.807) is 24.3 Å². The maximum absolute atomic E-state index is 12.1. The zero-order valence-electron chi connectivity index (χ0n) is 11.7. The SMILES string of the molecule is Cc1ccccc1CNS(=O)(=O)Cc1ccc(C#N)cc1. The van der Waals surface area contributed by atoms with Crippen LogP contribution < -0.4 is 4.72 Å². The molecule has 0 aromatic heterocycles. The Balaban J connectivity index is 2.02. The predicted molar refractivity (Wildman–Crippen MR) is 81.8 cm³/mol. The third-order valence-corrected chi connectivity index (χ3v) is 4.48. The fourth-order valence-corrected chi connectivity index (χ4v) is 3.05. The molecule has 4 nitrogen and oxygen atoms in total. The van der Waals surface area contributed by atoms with E-state index in [-0.39, 0.29) is 12.3 Å². The monoisotopic (exact) mass is 300 g/mol. The molecule has 21 heavy (non-hydrogen) atoms. The molecule has 0 aliphatic carbocycles. The molecule has 108 valence electrons. The van der Waals surface area contributed by atoms with Crippen molar-refractivity contribution in [3.63, 3.8) is 0 Å². The normalized spacial score (nSPS) is 11.0. The molecule has 0 aliphatic rings. The molecule has 2 rings (SSSR count). The molecule has 0 saturated heterocycles. The molecule has 0 radical (unpaired) electrons. The molecule has 0 saturated carbocycles. The summed E-state index contributed by atoms with van der Waals surface area (Å²) in [6.45, 7) is 2.23. The average molecular weight is 300 g/mol. The van der Waals surface area contributed by atoms with Crippen LogP contribution >= 0.6 is 0 Å². The highest BCUT2D eigenvalue weighted by Crippen LogP contribution is 2.10. The molecule has 2 aromatic rings. The number of aryl methyl sites for hydroxylation is 1. The molecule has 2 aromatic carbocycles. The van der Waals surface area contributed by atoms with Crippen LogP contribution in [0.2, 0.25) is 0 Å². The number of nitrogens with zero attached hydrogens (tertiary/aromatic N) is 1. The summed E-state index contributed by atoms with van der Waals surface area (Å²) in [4.78, 5) is 0. The summed E-state index contributed by atoms with van der Waals surface area (Å²) in [6, 6.07) is 16.2. The van der Waals surface area contributed by atoms with Gasteiger partial charge in [0.2, 0.25) is 10.0 Å². The van der Waals surface area contributed by atoms with Crippen molar-refractivity contribution >= 4 is 10.0 Å². The Hall–Kier alpha value is -2.16. The number of rotatable bonds is 5. The van der Waals surface area contributed by atoms with Gasteiger partial charge in [0.15, 0.2) is 0 Å². The first kappa shape index (κ1) is 15.2. The van der Waals surface area contributed by atoms with E-state index < -0.39 is 10.0 Å². The predicted octanol–water partition coefficient (Wildman–Crippen LogP) is 2.49. The van der Waals surface area contributed by atoms with Crippen molar-refractivity contribution in [3.8, 4) is 6.07 Å². The van der Waals surface area contributed by atoms with E-state index in [1.807, 2.05) is 37.3 Å². The molecule has 1 N–H and O–H groups in total. The molecule has 0 spiro atoms. The van der Waals surface area contributed by atoms with Crippen molar-refractivity contribution in [1.29, 1.82) is 5.26 Å². The Morgan fingerprint density at radius 2 is 1.76 bits per heavy atom. The van der Waals surface area contributed by atoms with Gasteiger partial charge in [0.05, 0.1) is 17.4 Å². The smallest absolute Gasteiger partial charge is 0.212 e. The molecule has 0 aliphatic heterocycles. The van der Waals surface area contributed by atoms with Crippen molar-refractivity contribution in [2.24, 2.45) is 0 Å². The van der Waals surface area contributed by atoms with Crippen LogP contribution in [0.3, 0.4) is 0 Å². The topological polar surface area (TPSA) is 70.0 Å². The van der Waals surface area contributed by atoms with Gasteiger partial charge in [-0.15, -0.1) is 0 Å². The Labute approximate surface area is 125 Å². The first-order chi connectivity index (χ1) is 10.00. The van der Waals surface area contributed by atoms with Gasteiger partial charge in [-0.3, -0.25) is 0 Å². The van der Waals surface area contributed by atoms with Gasteiger partial charge in [-0.05, 0) is 35.7 Å². The van der Waals surface area contributed by atoms with Gasteiger partial charge in [-0.2, -0.15) is 5.26 Å². The van der Waals surface area contributed by atoms with Gasteiger partial charge in [0.1, 0.15) is 0 Å². The van der Waals surface area contributed by atoms with Crippen LogP contribution in [-0.4, -0.2) is 8.42 Å². The summed E-state index contributed by atoms with van der Waals surface area (Å²) in [5.41, 5.74) is 3.19. The van der Waals surface area contributed by atoms with E-state index in [1.165, 1.54) is 0 Å². The number of benzene rings is 2. The lowest BCUT2D eigenvalue weighted by Crippen LogP contribution is -2.25. The van der Waals surface area contributed by atoms with E-state index in [0.29, 0.717) is 11.1 Å². The summed E-state index contributed by atoms with van der Waals surface area (Å²) >= 11 is 0. The Bertz CT molecular complexity index is 760. The van der Waals surface area contributed by atoms with Gasteiger partial charge in [0.25, 0.3) is 0 Å². The summed E-state index contributed by atoms with van der Waals surface area (Å²) in [5, 5.41) is 8.72. The highest BCUT2D eigenvalue weighted by molar-refractivity contribution is 7.88. The third kappa shape index (κ3) is 4.42. The molecule has 0 amide bonds. The van der Waals surface area contributed by atoms with Gasteiger partial charge in [-0.25, -0.2) is 13.1 Å². The number of sulfonamides is 1. The summed E-state index contributed by atoms with van der Waals surface area (Å²) in [6.07, 6.45) is 0. The van der Waals surface area contributed by atoms with Gasteiger partial charge in [0, 0.05) is 6.54 Å². The molecule has 0 unspecified atom stereocenters. The maximum Gasteiger partial charge on any atom is 0.216 e. The number of hydrogen-bond donors (Lipinski definition) is 1. The van der Waals surface area contributed by atoms with Gasteiger partial charge in [-0.1, -0.05) is 36.4 Å². The summed E-state index contributed by atoms with van der Waals surface area (Å²) < 4.78 is 26.7. The first-order valence-electron chi connectivity index (χ1n) is 6.51. The van der Waals surface area contributed by atoms with Crippen LogP contribution in [0, 0.1) is 18.3 Å². The van der Waals surface area contributed by atoms with E-state index in [9.17, 15) is 8.42 Å². The minimum atomic E-state index is -3.40. The van der Waals surface area contributed by atoms with Crippen molar-refractivity contribution < 1.29 is 8.42 Å². The van der Waals surface area contributed by atoms with Crippen molar-refractivity contribution in [2.75, 3.05) is 0 Å². The summed E-state index contributed by atoms with van der Waals surface area (Å²) in [7, 11) is -3.40. The Morgan fingerprint density at radius 1 is 1.10 bits per heavy atom. The van der Waals surface area contributed by atoms with E-state index >= 15 is 0 Å². The molecular formula is C16H16N2O2S. The van der Waals surface area contributed by atoms with E-state index in [4.69, 9.17) is 5.26 Å². The number of hydrogen-bond acceptors (Lipinski definition) is 3. The highest BCUT2D eigenvalue weighted by atomic mass is 32.2. The van der Waals surface area contributed by atoms with Crippen LogP contribution in [0.1, 0.15) is 22.3 Å². The van der Waals surface area contributed by atoms with Crippen molar-refractivity contribution in [2.45, 2.75) is 19.2 Å². The lowest BCUT2D eigenvalue weighted by atomic mass is 10.1. The number of nitrogens with one attached hydrogen (secondary N) is 1. The van der Waals surface area contributed by atoms with Crippen LogP contribution in [0.5, 0.6) is 0 Å². The molecule has 0 atom stereocenters. The lowest BCUT2D eigenvalue weighted by molar-refractivity contribution is 0.580. The third-order valence-electron chi connectivity index (χ3n) is 3.18.